The summed E-state index contributed by atoms with van der Waals surface area (Å²) in [6.07, 6.45) is 0.408. The number of anilines is 1. The highest BCUT2D eigenvalue weighted by Crippen LogP contribution is 2.27. The van der Waals surface area contributed by atoms with Gasteiger partial charge in [0.15, 0.2) is 0 Å². The Hall–Kier alpha value is -2.00. The Bertz CT molecular complexity index is 940. The van der Waals surface area contributed by atoms with Crippen LogP contribution in [0.15, 0.2) is 41.3 Å². The molecule has 0 fully saturated rings. The highest BCUT2D eigenvalue weighted by atomic mass is 35.5. The lowest BCUT2D eigenvalue weighted by Gasteiger charge is -2.14. The van der Waals surface area contributed by atoms with Crippen molar-refractivity contribution in [1.29, 1.82) is 0 Å². The van der Waals surface area contributed by atoms with E-state index in [1.54, 1.807) is 0 Å². The number of esters is 1. The number of carbonyl (C=O) groups is 1. The zero-order valence-corrected chi connectivity index (χ0v) is 17.4. The lowest BCUT2D eigenvalue weighted by atomic mass is 10.2. The van der Waals surface area contributed by atoms with Crippen LogP contribution in [0.25, 0.3) is 0 Å². The molecule has 0 aliphatic rings. The number of nitrogens with one attached hydrogen (secondary N) is 1. The fourth-order valence-corrected chi connectivity index (χ4v) is 4.04. The third-order valence-electron chi connectivity index (χ3n) is 3.81. The van der Waals surface area contributed by atoms with Crippen LogP contribution in [-0.4, -0.2) is 39.3 Å². The van der Waals surface area contributed by atoms with Crippen molar-refractivity contribution < 1.29 is 27.8 Å². The van der Waals surface area contributed by atoms with Crippen molar-refractivity contribution in [3.05, 3.63) is 52.0 Å². The average molecular weight is 448 g/mol. The summed E-state index contributed by atoms with van der Waals surface area (Å²) in [5.74, 6) is -1.18. The predicted molar refractivity (Wildman–Crippen MR) is 107 cm³/mol. The van der Waals surface area contributed by atoms with Crippen LogP contribution in [0.1, 0.15) is 23.7 Å². The summed E-state index contributed by atoms with van der Waals surface area (Å²) in [4.78, 5) is 11.9. The Kier molecular flexibility index (Phi) is 7.54. The molecule has 0 radical (unpaired) electrons. The first-order valence-electron chi connectivity index (χ1n) is 8.18. The van der Waals surface area contributed by atoms with Crippen molar-refractivity contribution >= 4 is 44.9 Å². The van der Waals surface area contributed by atoms with E-state index in [4.69, 9.17) is 32.7 Å². The summed E-state index contributed by atoms with van der Waals surface area (Å²) < 4.78 is 37.4. The number of carbonyl (C=O) groups excluding carboxylic acids is 1. The van der Waals surface area contributed by atoms with Gasteiger partial charge in [0.1, 0.15) is 17.9 Å². The molecule has 1 atom stereocenters. The smallest absolute Gasteiger partial charge is 0.342 e. The highest BCUT2D eigenvalue weighted by molar-refractivity contribution is 7.92. The molecule has 7 nitrogen and oxygen atoms in total. The minimum Gasteiger partial charge on any atom is -0.507 e. The zero-order chi connectivity index (χ0) is 20.9. The van der Waals surface area contributed by atoms with E-state index in [0.29, 0.717) is 6.42 Å². The molecule has 2 rings (SSSR count). The molecule has 0 amide bonds. The summed E-state index contributed by atoms with van der Waals surface area (Å²) in [5, 5.41) is 10.4. The Labute approximate surface area is 173 Å². The molecule has 0 aromatic heterocycles. The van der Waals surface area contributed by atoms with Crippen LogP contribution in [0.4, 0.5) is 5.69 Å². The number of methoxy groups -OCH3 is 1. The summed E-state index contributed by atoms with van der Waals surface area (Å²) in [5.41, 5.74) is -0.0480. The molecule has 2 N–H and O–H groups in total. The molecule has 152 valence electrons. The van der Waals surface area contributed by atoms with Crippen molar-refractivity contribution in [3.8, 4) is 5.75 Å². The Morgan fingerprint density at radius 2 is 1.82 bits per heavy atom. The van der Waals surface area contributed by atoms with Crippen LogP contribution in [0.5, 0.6) is 5.75 Å². The van der Waals surface area contributed by atoms with Crippen LogP contribution in [0, 0.1) is 0 Å². The van der Waals surface area contributed by atoms with E-state index in [0.717, 1.165) is 6.07 Å². The molecular weight excluding hydrogens is 429 g/mol. The number of hydrogen-bond donors (Lipinski definition) is 2. The van der Waals surface area contributed by atoms with Gasteiger partial charge in [0.05, 0.1) is 16.7 Å². The van der Waals surface area contributed by atoms with Gasteiger partial charge < -0.3 is 14.6 Å². The molecule has 2 aromatic rings. The number of phenols is 1. The first-order valence-corrected chi connectivity index (χ1v) is 10.4. The summed E-state index contributed by atoms with van der Waals surface area (Å²) in [7, 11) is -2.49. The maximum absolute atomic E-state index is 12.5. The van der Waals surface area contributed by atoms with Gasteiger partial charge >= 0.3 is 5.97 Å². The van der Waals surface area contributed by atoms with E-state index in [2.05, 4.69) is 4.72 Å². The number of hydrogen-bond acceptors (Lipinski definition) is 6. The van der Waals surface area contributed by atoms with Crippen LogP contribution < -0.4 is 4.72 Å². The first-order chi connectivity index (χ1) is 13.2. The summed E-state index contributed by atoms with van der Waals surface area (Å²) in [6, 6.07) is 7.57. The van der Waals surface area contributed by atoms with Crippen molar-refractivity contribution in [1.82, 2.24) is 0 Å². The number of halogens is 2. The van der Waals surface area contributed by atoms with Gasteiger partial charge in [-0.25, -0.2) is 13.2 Å². The van der Waals surface area contributed by atoms with E-state index >= 15 is 0 Å². The van der Waals surface area contributed by atoms with Gasteiger partial charge in [-0.05, 0) is 36.8 Å². The topological polar surface area (TPSA) is 102 Å². The van der Waals surface area contributed by atoms with Gasteiger partial charge in [-0.15, -0.1) is 0 Å². The third-order valence-corrected chi connectivity index (χ3v) is 5.60. The molecule has 10 heteroatoms. The van der Waals surface area contributed by atoms with E-state index in [1.165, 1.54) is 37.4 Å². The predicted octanol–water partition coefficient (Wildman–Crippen LogP) is 4.08. The molecule has 0 bridgehead atoms. The van der Waals surface area contributed by atoms with Crippen LogP contribution >= 0.6 is 23.2 Å². The number of sulfonamides is 1. The molecular formula is C18H19Cl2NO6S. The monoisotopic (exact) mass is 447 g/mol. The lowest BCUT2D eigenvalue weighted by molar-refractivity contribution is 0.00952. The largest absolute Gasteiger partial charge is 0.507 e. The molecule has 0 spiro atoms. The normalized spacial score (nSPS) is 12.4. The molecule has 2 aromatic carbocycles. The molecule has 0 aliphatic carbocycles. The van der Waals surface area contributed by atoms with Crippen molar-refractivity contribution in [2.75, 3.05) is 18.4 Å². The third kappa shape index (κ3) is 5.75. The van der Waals surface area contributed by atoms with E-state index < -0.39 is 21.7 Å². The van der Waals surface area contributed by atoms with Gasteiger partial charge in [0.25, 0.3) is 10.0 Å². The van der Waals surface area contributed by atoms with Crippen LogP contribution in [0.2, 0.25) is 10.0 Å². The number of ether oxygens (including phenoxy) is 2. The zero-order valence-electron chi connectivity index (χ0n) is 15.1. The minimum absolute atomic E-state index is 0.0369. The van der Waals surface area contributed by atoms with Crippen molar-refractivity contribution in [2.45, 2.75) is 24.3 Å². The van der Waals surface area contributed by atoms with Gasteiger partial charge in [0, 0.05) is 23.2 Å². The Morgan fingerprint density at radius 3 is 2.36 bits per heavy atom. The molecule has 0 aliphatic heterocycles. The van der Waals surface area contributed by atoms with Crippen molar-refractivity contribution in [3.63, 3.8) is 0 Å². The molecule has 0 saturated carbocycles. The maximum atomic E-state index is 12.5. The number of rotatable bonds is 8. The van der Waals surface area contributed by atoms with Gasteiger partial charge in [-0.2, -0.15) is 0 Å². The fourth-order valence-electron chi connectivity index (χ4n) is 2.26. The second-order valence-corrected chi connectivity index (χ2v) is 8.36. The van der Waals surface area contributed by atoms with E-state index in [9.17, 15) is 18.3 Å². The fraction of sp³-hybridized carbons (Fsp3) is 0.278. The summed E-state index contributed by atoms with van der Waals surface area (Å²) >= 11 is 11.7. The molecule has 1 unspecified atom stereocenters. The second kappa shape index (κ2) is 9.47. The minimum atomic E-state index is -4.00. The molecule has 0 heterocycles. The maximum Gasteiger partial charge on any atom is 0.342 e. The quantitative estimate of drug-likeness (QED) is 0.590. The highest BCUT2D eigenvalue weighted by Gasteiger charge is 2.19. The van der Waals surface area contributed by atoms with Crippen LogP contribution in [0.3, 0.4) is 0 Å². The Balaban J connectivity index is 2.16. The van der Waals surface area contributed by atoms with Gasteiger partial charge in [-0.3, -0.25) is 4.72 Å². The first kappa shape index (κ1) is 22.3. The molecule has 0 saturated heterocycles. The molecule has 28 heavy (non-hydrogen) atoms. The number of aromatic hydroxyl groups is 1. The van der Waals surface area contributed by atoms with E-state index in [-0.39, 0.29) is 38.9 Å². The Morgan fingerprint density at radius 1 is 1.18 bits per heavy atom. The van der Waals surface area contributed by atoms with Gasteiger partial charge in [-0.1, -0.05) is 30.1 Å². The number of benzene rings is 2. The van der Waals surface area contributed by atoms with Crippen LogP contribution in [-0.2, 0) is 19.5 Å². The van der Waals surface area contributed by atoms with Crippen molar-refractivity contribution in [2.24, 2.45) is 0 Å². The second-order valence-electron chi connectivity index (χ2n) is 5.81. The SMILES string of the molecule is CCC(COC(=O)c1ccc(NS(=O)(=O)c2cc(Cl)cc(Cl)c2)cc1O)OC. The van der Waals surface area contributed by atoms with Gasteiger partial charge in [0.2, 0.25) is 0 Å². The lowest BCUT2D eigenvalue weighted by Crippen LogP contribution is -2.20. The van der Waals surface area contributed by atoms with E-state index in [1.807, 2.05) is 6.92 Å². The summed E-state index contributed by atoms with van der Waals surface area (Å²) in [6.45, 7) is 1.92. The standard InChI is InChI=1S/C18H19Cl2NO6S/c1-3-14(26-2)10-27-18(23)16-5-4-13(9-17(16)22)21-28(24,25)15-7-11(19)6-12(20)8-15/h4-9,14,21-22H,3,10H2,1-2H3. The average Bonchev–Trinajstić information content (AvgIpc) is 2.61. The number of phenolic OH excluding ortho intramolecular Hbond substituents is 1.